The molecule has 0 amide bonds. The lowest BCUT2D eigenvalue weighted by molar-refractivity contribution is -0.128. The summed E-state index contributed by atoms with van der Waals surface area (Å²) in [5.41, 5.74) is 0.466. The molecule has 0 heterocycles. The maximum Gasteiger partial charge on any atom is 0.294 e. The Morgan fingerprint density at radius 2 is 1.91 bits per heavy atom. The Morgan fingerprint density at radius 1 is 1.45 bits per heavy atom. The number of hydrogen-bond acceptors (Lipinski definition) is 2. The first-order chi connectivity index (χ1) is 4.89. The quantitative estimate of drug-likeness (QED) is 0.532. The van der Waals surface area contributed by atoms with Gasteiger partial charge >= 0.3 is 0 Å². The van der Waals surface area contributed by atoms with Crippen molar-refractivity contribution in [3.63, 3.8) is 0 Å². The maximum absolute atomic E-state index is 11.3. The monoisotopic (exact) mass is 153 g/mol. The van der Waals surface area contributed by atoms with Gasteiger partial charge in [-0.3, -0.25) is 4.79 Å². The van der Waals surface area contributed by atoms with Gasteiger partial charge < -0.3 is 5.11 Å². The van der Waals surface area contributed by atoms with Crippen LogP contribution in [0.3, 0.4) is 0 Å². The van der Waals surface area contributed by atoms with Crippen LogP contribution in [0.2, 0.25) is 0 Å². The molecule has 0 fully saturated rings. The molecule has 2 nitrogen and oxygen atoms in total. The summed E-state index contributed by atoms with van der Waals surface area (Å²) in [5.74, 6) is 0.528. The number of hydrogen-bond donors (Lipinski definition) is 1. The van der Waals surface area contributed by atoms with Crippen LogP contribution < -0.4 is 0 Å². The number of rotatable bonds is 0. The van der Waals surface area contributed by atoms with E-state index in [0.29, 0.717) is 5.92 Å². The lowest BCUT2D eigenvalue weighted by Gasteiger charge is -2.08. The molecule has 0 saturated heterocycles. The van der Waals surface area contributed by atoms with Gasteiger partial charge in [0.25, 0.3) is 5.78 Å². The minimum absolute atomic E-state index is 0.160. The van der Waals surface area contributed by atoms with Gasteiger partial charge in [-0.1, -0.05) is 0 Å². The minimum Gasteiger partial charge on any atom is -0.360 e. The average molecular weight is 153 g/mol. The number of carbonyl (C=O) groups is 1. The van der Waals surface area contributed by atoms with Crippen molar-refractivity contribution in [2.24, 2.45) is 0 Å². The summed E-state index contributed by atoms with van der Waals surface area (Å²) in [7, 11) is 0. The fourth-order valence-electron chi connectivity index (χ4n) is 1.35. The van der Waals surface area contributed by atoms with E-state index in [4.69, 9.17) is 0 Å². The Morgan fingerprint density at radius 3 is 2.00 bits per heavy atom. The van der Waals surface area contributed by atoms with E-state index in [1.165, 1.54) is 0 Å². The zero-order valence-electron chi connectivity index (χ0n) is 7.36. The Labute approximate surface area is 66.9 Å². The van der Waals surface area contributed by atoms with Gasteiger partial charge in [-0.05, 0) is 13.8 Å². The van der Waals surface area contributed by atoms with E-state index < -0.39 is 5.60 Å². The van der Waals surface area contributed by atoms with Crippen molar-refractivity contribution in [2.45, 2.75) is 33.3 Å². The SMILES string of the molecule is CC1=C(C)C(C)(O)C(=O)[C+]1C. The standard InChI is InChI=1S/C9H13O2/c1-5-6(2)8(10)9(4,11)7(5)3/h11H,1-4H3/q+1. The highest BCUT2D eigenvalue weighted by atomic mass is 16.3. The number of carbonyl (C=O) groups excluding carboxylic acids is 1. The van der Waals surface area contributed by atoms with Crippen molar-refractivity contribution in [1.82, 2.24) is 0 Å². The lowest BCUT2D eigenvalue weighted by atomic mass is 9.96. The second-order valence-electron chi connectivity index (χ2n) is 3.28. The second kappa shape index (κ2) is 2.11. The van der Waals surface area contributed by atoms with E-state index in [1.807, 2.05) is 6.92 Å². The second-order valence-corrected chi connectivity index (χ2v) is 3.28. The molecule has 0 spiro atoms. The molecule has 1 N–H and O–H groups in total. The predicted octanol–water partition coefficient (Wildman–Crippen LogP) is 1.25. The normalized spacial score (nSPS) is 32.1. The van der Waals surface area contributed by atoms with Crippen LogP contribution in [-0.2, 0) is 4.79 Å². The number of aliphatic hydroxyl groups is 1. The fraction of sp³-hybridized carbons (Fsp3) is 0.556. The van der Waals surface area contributed by atoms with Gasteiger partial charge in [-0.2, -0.15) is 0 Å². The molecule has 0 aromatic heterocycles. The largest absolute Gasteiger partial charge is 0.360 e. The Bertz CT molecular complexity index is 236. The molecule has 1 aliphatic rings. The van der Waals surface area contributed by atoms with E-state index >= 15 is 0 Å². The van der Waals surface area contributed by atoms with Crippen LogP contribution >= 0.6 is 0 Å². The summed E-state index contributed by atoms with van der Waals surface area (Å²) in [4.78, 5) is 11.3. The van der Waals surface area contributed by atoms with E-state index in [9.17, 15) is 9.90 Å². The van der Waals surface area contributed by atoms with Gasteiger partial charge in [0.2, 0.25) is 5.60 Å². The van der Waals surface area contributed by atoms with Crippen LogP contribution in [0.5, 0.6) is 0 Å². The van der Waals surface area contributed by atoms with Crippen LogP contribution in [0.25, 0.3) is 0 Å². The molecule has 60 valence electrons. The molecule has 1 aliphatic carbocycles. The molecule has 0 radical (unpaired) electrons. The smallest absolute Gasteiger partial charge is 0.294 e. The topological polar surface area (TPSA) is 37.3 Å². The first-order valence-electron chi connectivity index (χ1n) is 3.68. The molecule has 0 aliphatic heterocycles. The number of Topliss-reactive ketones (excluding diaryl/α,β-unsaturated/α-hetero) is 1. The third-order valence-corrected chi connectivity index (χ3v) is 2.64. The van der Waals surface area contributed by atoms with Gasteiger partial charge in [-0.25, -0.2) is 0 Å². The summed E-state index contributed by atoms with van der Waals surface area (Å²) >= 11 is 0. The third-order valence-electron chi connectivity index (χ3n) is 2.64. The predicted molar refractivity (Wildman–Crippen MR) is 42.9 cm³/mol. The van der Waals surface area contributed by atoms with Gasteiger partial charge in [0.05, 0.1) is 5.57 Å². The molecular formula is C9H13O2+. The van der Waals surface area contributed by atoms with Crippen molar-refractivity contribution in [3.05, 3.63) is 17.1 Å². The Kier molecular flexibility index (Phi) is 1.60. The first kappa shape index (κ1) is 8.34. The van der Waals surface area contributed by atoms with Crippen LogP contribution in [0.4, 0.5) is 0 Å². The minimum atomic E-state index is -1.24. The molecule has 0 aromatic rings. The van der Waals surface area contributed by atoms with E-state index in [2.05, 4.69) is 0 Å². The zero-order chi connectivity index (χ0) is 8.81. The van der Waals surface area contributed by atoms with Gasteiger partial charge in [0.15, 0.2) is 0 Å². The Balaban J connectivity index is 3.16. The molecule has 0 bridgehead atoms. The third kappa shape index (κ3) is 0.897. The number of allylic oxidation sites excluding steroid dienone is 1. The van der Waals surface area contributed by atoms with E-state index in [0.717, 1.165) is 11.1 Å². The van der Waals surface area contributed by atoms with Crippen molar-refractivity contribution >= 4 is 5.78 Å². The lowest BCUT2D eigenvalue weighted by Crippen LogP contribution is -2.33. The zero-order valence-corrected chi connectivity index (χ0v) is 7.36. The summed E-state index contributed by atoms with van der Waals surface area (Å²) in [6.07, 6.45) is 0. The van der Waals surface area contributed by atoms with Crippen molar-refractivity contribution in [3.8, 4) is 0 Å². The molecule has 0 saturated carbocycles. The summed E-state index contributed by atoms with van der Waals surface area (Å²) in [6, 6.07) is 0. The van der Waals surface area contributed by atoms with Gasteiger partial charge in [-0.15, -0.1) is 0 Å². The van der Waals surface area contributed by atoms with Crippen molar-refractivity contribution in [1.29, 1.82) is 0 Å². The molecule has 1 atom stereocenters. The molecule has 1 unspecified atom stereocenters. The summed E-state index contributed by atoms with van der Waals surface area (Å²) in [6.45, 7) is 6.96. The molecule has 11 heavy (non-hydrogen) atoms. The fourth-order valence-corrected chi connectivity index (χ4v) is 1.35. The highest BCUT2D eigenvalue weighted by molar-refractivity contribution is 6.07. The average Bonchev–Trinajstić information content (AvgIpc) is 2.06. The van der Waals surface area contributed by atoms with Gasteiger partial charge in [0.1, 0.15) is 11.5 Å². The Hall–Kier alpha value is -0.760. The van der Waals surface area contributed by atoms with E-state index in [1.54, 1.807) is 20.8 Å². The number of ketones is 1. The summed E-state index contributed by atoms with van der Waals surface area (Å²) in [5, 5.41) is 9.64. The van der Waals surface area contributed by atoms with Crippen LogP contribution in [0.15, 0.2) is 11.1 Å². The molecule has 0 aromatic carbocycles. The molecule has 1 rings (SSSR count). The van der Waals surface area contributed by atoms with E-state index in [-0.39, 0.29) is 5.78 Å². The van der Waals surface area contributed by atoms with Gasteiger partial charge in [0, 0.05) is 13.8 Å². The van der Waals surface area contributed by atoms with Crippen LogP contribution in [0, 0.1) is 5.92 Å². The maximum atomic E-state index is 11.3. The summed E-state index contributed by atoms with van der Waals surface area (Å²) < 4.78 is 0. The molecular weight excluding hydrogens is 140 g/mol. The van der Waals surface area contributed by atoms with Crippen molar-refractivity contribution < 1.29 is 9.90 Å². The van der Waals surface area contributed by atoms with Crippen LogP contribution in [0.1, 0.15) is 27.7 Å². The highest BCUT2D eigenvalue weighted by Gasteiger charge is 2.53. The molecule has 2 heteroatoms. The van der Waals surface area contributed by atoms with Crippen molar-refractivity contribution in [2.75, 3.05) is 0 Å². The highest BCUT2D eigenvalue weighted by Crippen LogP contribution is 2.36. The van der Waals surface area contributed by atoms with Crippen LogP contribution in [-0.4, -0.2) is 16.5 Å². The first-order valence-corrected chi connectivity index (χ1v) is 3.68.